The van der Waals surface area contributed by atoms with Gasteiger partial charge in [-0.1, -0.05) is 5.16 Å². The molecule has 1 heterocycles. The second-order valence-corrected chi connectivity index (χ2v) is 2.87. The first kappa shape index (κ1) is 8.73. The van der Waals surface area contributed by atoms with Crippen LogP contribution in [-0.2, 0) is 10.3 Å². The van der Waals surface area contributed by atoms with Gasteiger partial charge < -0.3 is 15.4 Å². The van der Waals surface area contributed by atoms with Crippen LogP contribution in [0.15, 0.2) is 16.9 Å². The van der Waals surface area contributed by atoms with Gasteiger partial charge >= 0.3 is 5.97 Å². The smallest absolute Gasteiger partial charge is 0.305 e. The molecule has 0 aliphatic rings. The van der Waals surface area contributed by atoms with E-state index in [1.54, 1.807) is 13.0 Å². The van der Waals surface area contributed by atoms with Gasteiger partial charge in [0.15, 0.2) is 0 Å². The summed E-state index contributed by atoms with van der Waals surface area (Å²) in [5, 5.41) is 12.1. The predicted molar refractivity (Wildman–Crippen MR) is 40.3 cm³/mol. The van der Waals surface area contributed by atoms with Gasteiger partial charge in [0.25, 0.3) is 0 Å². The molecule has 0 aliphatic heterocycles. The SMILES string of the molecule is CC(N)(CC(=O)O)c1ccon1. The Morgan fingerprint density at radius 1 is 1.92 bits per heavy atom. The van der Waals surface area contributed by atoms with Crippen molar-refractivity contribution < 1.29 is 14.4 Å². The zero-order valence-electron chi connectivity index (χ0n) is 6.65. The predicted octanol–water partition coefficient (Wildman–Crippen LogP) is 0.323. The highest BCUT2D eigenvalue weighted by atomic mass is 16.5. The normalized spacial score (nSPS) is 15.5. The fraction of sp³-hybridized carbons (Fsp3) is 0.429. The van der Waals surface area contributed by atoms with Gasteiger partial charge in [-0.2, -0.15) is 0 Å². The van der Waals surface area contributed by atoms with Crippen LogP contribution >= 0.6 is 0 Å². The second-order valence-electron chi connectivity index (χ2n) is 2.87. The number of aromatic nitrogens is 1. The number of hydrogen-bond donors (Lipinski definition) is 2. The quantitative estimate of drug-likeness (QED) is 0.682. The molecule has 0 saturated heterocycles. The van der Waals surface area contributed by atoms with Crippen LogP contribution in [0.4, 0.5) is 0 Å². The van der Waals surface area contributed by atoms with E-state index in [0.29, 0.717) is 5.69 Å². The molecule has 0 radical (unpaired) electrons. The Kier molecular flexibility index (Phi) is 2.14. The van der Waals surface area contributed by atoms with Crippen molar-refractivity contribution in [3.05, 3.63) is 18.0 Å². The fourth-order valence-electron chi connectivity index (χ4n) is 0.912. The molecule has 66 valence electrons. The van der Waals surface area contributed by atoms with Gasteiger partial charge in [-0.3, -0.25) is 4.79 Å². The van der Waals surface area contributed by atoms with E-state index in [-0.39, 0.29) is 6.42 Å². The summed E-state index contributed by atoms with van der Waals surface area (Å²) in [5.41, 5.74) is 5.17. The lowest BCUT2D eigenvalue weighted by atomic mass is 9.95. The van der Waals surface area contributed by atoms with Gasteiger partial charge in [0.05, 0.1) is 12.0 Å². The summed E-state index contributed by atoms with van der Waals surface area (Å²) in [6.45, 7) is 1.60. The Morgan fingerprint density at radius 2 is 2.58 bits per heavy atom. The molecule has 1 rings (SSSR count). The lowest BCUT2D eigenvalue weighted by Gasteiger charge is -2.18. The summed E-state index contributed by atoms with van der Waals surface area (Å²) >= 11 is 0. The molecule has 0 bridgehead atoms. The van der Waals surface area contributed by atoms with Crippen LogP contribution in [0.2, 0.25) is 0 Å². The summed E-state index contributed by atoms with van der Waals surface area (Å²) in [6, 6.07) is 1.56. The highest BCUT2D eigenvalue weighted by Gasteiger charge is 2.27. The second kappa shape index (κ2) is 2.94. The number of nitrogens with zero attached hydrogens (tertiary/aromatic N) is 1. The molecule has 1 aromatic heterocycles. The molecule has 0 fully saturated rings. The monoisotopic (exact) mass is 170 g/mol. The zero-order valence-corrected chi connectivity index (χ0v) is 6.65. The van der Waals surface area contributed by atoms with Gasteiger partial charge in [0.1, 0.15) is 12.0 Å². The highest BCUT2D eigenvalue weighted by Crippen LogP contribution is 2.18. The average molecular weight is 170 g/mol. The van der Waals surface area contributed by atoms with Crippen molar-refractivity contribution in [2.45, 2.75) is 18.9 Å². The number of nitrogens with two attached hydrogens (primary N) is 1. The maximum absolute atomic E-state index is 10.4. The fourth-order valence-corrected chi connectivity index (χ4v) is 0.912. The van der Waals surface area contributed by atoms with Gasteiger partial charge in [-0.05, 0) is 6.92 Å². The van der Waals surface area contributed by atoms with Crippen molar-refractivity contribution in [2.24, 2.45) is 5.73 Å². The maximum Gasteiger partial charge on any atom is 0.305 e. The summed E-state index contributed by atoms with van der Waals surface area (Å²) in [4.78, 5) is 10.4. The zero-order chi connectivity index (χ0) is 9.19. The molecule has 0 saturated carbocycles. The van der Waals surface area contributed by atoms with Crippen molar-refractivity contribution >= 4 is 5.97 Å². The van der Waals surface area contributed by atoms with Crippen molar-refractivity contribution in [1.29, 1.82) is 0 Å². The minimum atomic E-state index is -0.959. The summed E-state index contributed by atoms with van der Waals surface area (Å²) < 4.78 is 4.56. The molecule has 12 heavy (non-hydrogen) atoms. The molecule has 1 unspecified atom stereocenters. The van der Waals surface area contributed by atoms with E-state index < -0.39 is 11.5 Å². The molecule has 1 aromatic rings. The van der Waals surface area contributed by atoms with Gasteiger partial charge in [-0.25, -0.2) is 0 Å². The first-order chi connectivity index (χ1) is 5.52. The molecule has 0 aliphatic carbocycles. The molecule has 5 nitrogen and oxygen atoms in total. The Hall–Kier alpha value is -1.36. The number of aliphatic carboxylic acids is 1. The molecule has 5 heteroatoms. The van der Waals surface area contributed by atoms with E-state index in [1.807, 2.05) is 0 Å². The van der Waals surface area contributed by atoms with Crippen LogP contribution < -0.4 is 5.73 Å². The van der Waals surface area contributed by atoms with Crippen molar-refractivity contribution in [1.82, 2.24) is 5.16 Å². The Labute approximate surface area is 69.2 Å². The number of carbonyl (C=O) groups is 1. The third-order valence-corrected chi connectivity index (χ3v) is 1.54. The average Bonchev–Trinajstić information content (AvgIpc) is 2.32. The lowest BCUT2D eigenvalue weighted by molar-refractivity contribution is -0.138. The Morgan fingerprint density at radius 3 is 3.00 bits per heavy atom. The van der Waals surface area contributed by atoms with Crippen LogP contribution in [-0.4, -0.2) is 16.2 Å². The van der Waals surface area contributed by atoms with E-state index in [1.165, 1.54) is 6.26 Å². The van der Waals surface area contributed by atoms with Crippen molar-refractivity contribution in [3.8, 4) is 0 Å². The molecule has 0 amide bonds. The van der Waals surface area contributed by atoms with Crippen LogP contribution in [0, 0.1) is 0 Å². The van der Waals surface area contributed by atoms with E-state index in [0.717, 1.165) is 0 Å². The number of carboxylic acid groups (broad SMARTS) is 1. The van der Waals surface area contributed by atoms with E-state index in [2.05, 4.69) is 9.68 Å². The van der Waals surface area contributed by atoms with Crippen LogP contribution in [0.5, 0.6) is 0 Å². The van der Waals surface area contributed by atoms with Gasteiger partial charge in [0.2, 0.25) is 0 Å². The minimum Gasteiger partial charge on any atom is -0.481 e. The summed E-state index contributed by atoms with van der Waals surface area (Å²) in [6.07, 6.45) is 1.20. The van der Waals surface area contributed by atoms with Gasteiger partial charge in [-0.15, -0.1) is 0 Å². The third kappa shape index (κ3) is 1.82. The molecule has 3 N–H and O–H groups in total. The molecule has 0 aromatic carbocycles. The van der Waals surface area contributed by atoms with E-state index >= 15 is 0 Å². The molecular weight excluding hydrogens is 160 g/mol. The third-order valence-electron chi connectivity index (χ3n) is 1.54. The topological polar surface area (TPSA) is 89.4 Å². The van der Waals surface area contributed by atoms with Crippen LogP contribution in [0.1, 0.15) is 19.0 Å². The largest absolute Gasteiger partial charge is 0.481 e. The first-order valence-electron chi connectivity index (χ1n) is 3.44. The van der Waals surface area contributed by atoms with E-state index in [4.69, 9.17) is 10.8 Å². The van der Waals surface area contributed by atoms with Crippen LogP contribution in [0.25, 0.3) is 0 Å². The van der Waals surface area contributed by atoms with Crippen molar-refractivity contribution in [3.63, 3.8) is 0 Å². The van der Waals surface area contributed by atoms with Gasteiger partial charge in [0, 0.05) is 6.07 Å². The van der Waals surface area contributed by atoms with E-state index in [9.17, 15) is 4.79 Å². The first-order valence-corrected chi connectivity index (χ1v) is 3.44. The lowest BCUT2D eigenvalue weighted by Crippen LogP contribution is -2.35. The summed E-state index contributed by atoms with van der Waals surface area (Å²) in [7, 11) is 0. The standard InChI is InChI=1S/C7H10N2O3/c1-7(8,4-6(10)11)5-2-3-12-9-5/h2-3H,4,8H2,1H3,(H,10,11). The molecular formula is C7H10N2O3. The molecule has 1 atom stereocenters. The number of carboxylic acids is 1. The highest BCUT2D eigenvalue weighted by molar-refractivity contribution is 5.68. The molecule has 0 spiro atoms. The minimum absolute atomic E-state index is 0.167. The maximum atomic E-state index is 10.4. The van der Waals surface area contributed by atoms with Crippen molar-refractivity contribution in [2.75, 3.05) is 0 Å². The number of hydrogen-bond acceptors (Lipinski definition) is 4. The van der Waals surface area contributed by atoms with Crippen LogP contribution in [0.3, 0.4) is 0 Å². The Balaban J connectivity index is 2.79. The summed E-state index contributed by atoms with van der Waals surface area (Å²) in [5.74, 6) is -0.956. The Bertz CT molecular complexity index is 266. The number of rotatable bonds is 3.